The van der Waals surface area contributed by atoms with Gasteiger partial charge in [0.2, 0.25) is 0 Å². The maximum atomic E-state index is 5.00. The highest BCUT2D eigenvalue weighted by atomic mass is 32.2. The van der Waals surface area contributed by atoms with Crippen molar-refractivity contribution in [3.63, 3.8) is 0 Å². The van der Waals surface area contributed by atoms with Gasteiger partial charge in [0.05, 0.1) is 11.2 Å². The van der Waals surface area contributed by atoms with Crippen LogP contribution in [0.5, 0.6) is 0 Å². The van der Waals surface area contributed by atoms with Gasteiger partial charge < -0.3 is 4.90 Å². The van der Waals surface area contributed by atoms with Gasteiger partial charge in [0.15, 0.2) is 0 Å². The number of thioether (sulfide) groups is 1. The lowest BCUT2D eigenvalue weighted by Crippen LogP contribution is -2.25. The Labute approximate surface area is 162 Å². The highest BCUT2D eigenvalue weighted by Gasteiger charge is 2.18. The average molecular weight is 372 g/mol. The van der Waals surface area contributed by atoms with Gasteiger partial charge >= 0.3 is 0 Å². The summed E-state index contributed by atoms with van der Waals surface area (Å²) in [5.41, 5.74) is 5.70. The molecule has 0 fully saturated rings. The van der Waals surface area contributed by atoms with E-state index in [1.165, 1.54) is 16.0 Å². The van der Waals surface area contributed by atoms with Crippen molar-refractivity contribution in [1.82, 2.24) is 15.2 Å². The molecule has 3 heterocycles. The van der Waals surface area contributed by atoms with Crippen molar-refractivity contribution in [2.24, 2.45) is 0 Å². The number of aryl methyl sites for hydroxylation is 1. The van der Waals surface area contributed by atoms with Gasteiger partial charge in [0.25, 0.3) is 0 Å². The van der Waals surface area contributed by atoms with E-state index in [-0.39, 0.29) is 0 Å². The summed E-state index contributed by atoms with van der Waals surface area (Å²) in [5.74, 6) is 2.07. The smallest absolute Gasteiger partial charge is 0.130 e. The van der Waals surface area contributed by atoms with Crippen LogP contribution in [0.15, 0.2) is 65.7 Å². The topological polar surface area (TPSA) is 44.8 Å². The minimum absolute atomic E-state index is 0.882. The predicted molar refractivity (Wildman–Crippen MR) is 112 cm³/mol. The molecule has 0 aliphatic carbocycles. The van der Waals surface area contributed by atoms with E-state index in [1.54, 1.807) is 0 Å². The Balaban J connectivity index is 1.65. The monoisotopic (exact) mass is 372 g/mol. The Kier molecular flexibility index (Phi) is 4.09. The number of hydrogen-bond donors (Lipinski definition) is 1. The Morgan fingerprint density at radius 2 is 2.00 bits per heavy atom. The number of nitrogens with zero attached hydrogens (tertiary/aromatic N) is 3. The third-order valence-electron chi connectivity index (χ3n) is 5.00. The molecule has 0 amide bonds. The molecule has 4 aromatic rings. The van der Waals surface area contributed by atoms with Crippen molar-refractivity contribution in [3.05, 3.63) is 71.9 Å². The molecule has 5 rings (SSSR count). The maximum absolute atomic E-state index is 5.00. The van der Waals surface area contributed by atoms with Crippen molar-refractivity contribution < 1.29 is 0 Å². The second-order valence-electron chi connectivity index (χ2n) is 6.89. The lowest BCUT2D eigenvalue weighted by molar-refractivity contribution is 0.821. The zero-order valence-electron chi connectivity index (χ0n) is 15.1. The highest BCUT2D eigenvalue weighted by molar-refractivity contribution is 7.99. The molecule has 0 unspecified atom stereocenters. The van der Waals surface area contributed by atoms with Gasteiger partial charge in [-0.05, 0) is 42.8 Å². The first-order valence-corrected chi connectivity index (χ1v) is 10.1. The molecule has 4 nitrogen and oxygen atoms in total. The summed E-state index contributed by atoms with van der Waals surface area (Å²) in [6.45, 7) is 3.97. The second-order valence-corrected chi connectivity index (χ2v) is 8.02. The number of hydrogen-bond acceptors (Lipinski definition) is 4. The summed E-state index contributed by atoms with van der Waals surface area (Å²) in [5, 5.41) is 8.52. The average Bonchev–Trinajstić information content (AvgIpc) is 3.13. The van der Waals surface area contributed by atoms with Crippen LogP contribution in [0, 0.1) is 6.92 Å². The molecule has 0 spiro atoms. The third-order valence-corrected chi connectivity index (χ3v) is 6.10. The van der Waals surface area contributed by atoms with E-state index in [9.17, 15) is 0 Å². The largest absolute Gasteiger partial charge is 0.351 e. The fourth-order valence-electron chi connectivity index (χ4n) is 3.63. The fourth-order valence-corrected chi connectivity index (χ4v) is 4.66. The molecule has 1 N–H and O–H groups in total. The van der Waals surface area contributed by atoms with Gasteiger partial charge in [-0.1, -0.05) is 29.8 Å². The van der Waals surface area contributed by atoms with Crippen LogP contribution in [0.4, 0.5) is 5.82 Å². The van der Waals surface area contributed by atoms with Crippen LogP contribution in [-0.2, 0) is 6.54 Å². The first-order chi connectivity index (χ1) is 13.3. The number of aromatic nitrogens is 3. The molecule has 0 saturated carbocycles. The van der Waals surface area contributed by atoms with Crippen LogP contribution in [0.2, 0.25) is 0 Å². The number of fused-ring (bicyclic) bond motifs is 2. The van der Waals surface area contributed by atoms with Crippen LogP contribution in [0.3, 0.4) is 0 Å². The zero-order valence-corrected chi connectivity index (χ0v) is 16.0. The summed E-state index contributed by atoms with van der Waals surface area (Å²) in [6, 6.07) is 19.3. The van der Waals surface area contributed by atoms with Crippen molar-refractivity contribution in [2.45, 2.75) is 18.4 Å². The van der Waals surface area contributed by atoms with Crippen LogP contribution in [-0.4, -0.2) is 27.5 Å². The van der Waals surface area contributed by atoms with Crippen LogP contribution in [0.25, 0.3) is 22.2 Å². The lowest BCUT2D eigenvalue weighted by Gasteiger charge is -2.23. The number of pyridine rings is 1. The lowest BCUT2D eigenvalue weighted by atomic mass is 10.0. The summed E-state index contributed by atoms with van der Waals surface area (Å²) < 4.78 is 0. The number of benzene rings is 2. The molecule has 1 aliphatic heterocycles. The van der Waals surface area contributed by atoms with Crippen LogP contribution in [0.1, 0.15) is 11.1 Å². The predicted octanol–water partition coefficient (Wildman–Crippen LogP) is 5.05. The first-order valence-electron chi connectivity index (χ1n) is 9.15. The van der Waals surface area contributed by atoms with Gasteiger partial charge in [0, 0.05) is 40.9 Å². The molecule has 0 saturated heterocycles. The number of nitrogens with one attached hydrogen (secondary N) is 1. The number of H-pyrrole nitrogens is 1. The van der Waals surface area contributed by atoms with Crippen molar-refractivity contribution in [2.75, 3.05) is 17.2 Å². The molecule has 134 valence electrons. The van der Waals surface area contributed by atoms with Crippen LogP contribution >= 0.6 is 11.8 Å². The number of rotatable bonds is 2. The van der Waals surface area contributed by atoms with Crippen LogP contribution < -0.4 is 4.90 Å². The molecule has 0 bridgehead atoms. The van der Waals surface area contributed by atoms with Gasteiger partial charge in [-0.3, -0.25) is 5.10 Å². The minimum Gasteiger partial charge on any atom is -0.351 e. The highest BCUT2D eigenvalue weighted by Crippen LogP contribution is 2.34. The molecule has 5 heteroatoms. The summed E-state index contributed by atoms with van der Waals surface area (Å²) in [6.07, 6.45) is 1.87. The van der Waals surface area contributed by atoms with Crippen molar-refractivity contribution in [1.29, 1.82) is 0 Å². The van der Waals surface area contributed by atoms with Crippen molar-refractivity contribution in [3.8, 4) is 11.3 Å². The third kappa shape index (κ3) is 3.08. The van der Waals surface area contributed by atoms with E-state index in [2.05, 4.69) is 70.6 Å². The molecule has 1 aliphatic rings. The second kappa shape index (κ2) is 6.74. The van der Waals surface area contributed by atoms with E-state index in [4.69, 9.17) is 4.98 Å². The van der Waals surface area contributed by atoms with Gasteiger partial charge in [-0.2, -0.15) is 5.10 Å². The minimum atomic E-state index is 0.882. The van der Waals surface area contributed by atoms with E-state index in [0.717, 1.165) is 46.8 Å². The first kappa shape index (κ1) is 16.4. The Bertz CT molecular complexity index is 1100. The normalized spacial score (nSPS) is 14.2. The summed E-state index contributed by atoms with van der Waals surface area (Å²) >= 11 is 1.93. The van der Waals surface area contributed by atoms with Gasteiger partial charge in [-0.15, -0.1) is 11.8 Å². The van der Waals surface area contributed by atoms with Crippen molar-refractivity contribution >= 4 is 28.5 Å². The Hall–Kier alpha value is -2.79. The van der Waals surface area contributed by atoms with E-state index in [1.807, 2.05) is 24.0 Å². The summed E-state index contributed by atoms with van der Waals surface area (Å²) in [4.78, 5) is 8.77. The number of anilines is 1. The maximum Gasteiger partial charge on any atom is 0.130 e. The van der Waals surface area contributed by atoms with Gasteiger partial charge in [0.1, 0.15) is 5.82 Å². The SMILES string of the molecule is Cc1ccc2nc(N3CCSc4ccccc4C3)cc(-c3cc[nH]n3)c2c1. The molecule has 2 aromatic heterocycles. The number of aromatic amines is 1. The molecular weight excluding hydrogens is 352 g/mol. The Morgan fingerprint density at radius 1 is 1.07 bits per heavy atom. The molecule has 27 heavy (non-hydrogen) atoms. The van der Waals surface area contributed by atoms with E-state index >= 15 is 0 Å². The standard InChI is InChI=1S/C22H20N4S/c1-15-6-7-19-17(12-15)18(20-8-9-23-25-20)13-22(24-19)26-10-11-27-21-5-3-2-4-16(21)14-26/h2-9,12-13H,10-11,14H2,1H3,(H,23,25). The molecular formula is C22H20N4S. The quantitative estimate of drug-likeness (QED) is 0.535. The van der Waals surface area contributed by atoms with E-state index in [0.29, 0.717) is 0 Å². The molecule has 0 atom stereocenters. The molecule has 0 radical (unpaired) electrons. The molecule has 2 aromatic carbocycles. The van der Waals surface area contributed by atoms with E-state index < -0.39 is 0 Å². The fraction of sp³-hybridized carbons (Fsp3) is 0.182. The Morgan fingerprint density at radius 3 is 2.89 bits per heavy atom. The summed E-state index contributed by atoms with van der Waals surface area (Å²) in [7, 11) is 0. The van der Waals surface area contributed by atoms with Gasteiger partial charge in [-0.25, -0.2) is 4.98 Å². The zero-order chi connectivity index (χ0) is 18.2.